The Labute approximate surface area is 170 Å². The van der Waals surface area contributed by atoms with E-state index in [0.717, 1.165) is 29.6 Å². The van der Waals surface area contributed by atoms with Crippen LogP contribution in [-0.2, 0) is 4.79 Å². The third-order valence-corrected chi connectivity index (χ3v) is 5.51. The minimum atomic E-state index is -0.259. The van der Waals surface area contributed by atoms with Gasteiger partial charge >= 0.3 is 0 Å². The van der Waals surface area contributed by atoms with Gasteiger partial charge in [-0.1, -0.05) is 42.9 Å². The van der Waals surface area contributed by atoms with E-state index in [4.69, 9.17) is 28.6 Å². The summed E-state index contributed by atoms with van der Waals surface area (Å²) in [4.78, 5) is 15.2. The summed E-state index contributed by atoms with van der Waals surface area (Å²) in [6, 6.07) is 14.7. The summed E-state index contributed by atoms with van der Waals surface area (Å²) in [5, 5.41) is 3.23. The lowest BCUT2D eigenvalue weighted by atomic mass is 9.99. The maximum Gasteiger partial charge on any atom is 0.262 e. The monoisotopic (exact) mass is 402 g/mol. The molecule has 27 heavy (non-hydrogen) atoms. The molecule has 4 nitrogen and oxygen atoms in total. The second-order valence-corrected chi connectivity index (χ2v) is 7.61. The summed E-state index contributed by atoms with van der Waals surface area (Å²) in [6.45, 7) is 4.23. The third-order valence-electron chi connectivity index (χ3n) is 4.69. The molecule has 0 saturated carbocycles. The zero-order valence-corrected chi connectivity index (χ0v) is 16.9. The van der Waals surface area contributed by atoms with Gasteiger partial charge in [0.2, 0.25) is 0 Å². The smallest absolute Gasteiger partial charge is 0.262 e. The van der Waals surface area contributed by atoms with Crippen LogP contribution >= 0.6 is 23.8 Å². The highest BCUT2D eigenvalue weighted by Gasteiger charge is 2.18. The summed E-state index contributed by atoms with van der Waals surface area (Å²) in [6.07, 6.45) is 2.36. The maximum absolute atomic E-state index is 12.0. The Morgan fingerprint density at radius 3 is 2.52 bits per heavy atom. The first kappa shape index (κ1) is 19.6. The molecule has 1 fully saturated rings. The highest BCUT2D eigenvalue weighted by atomic mass is 35.5. The Hall–Kier alpha value is -2.11. The van der Waals surface area contributed by atoms with Gasteiger partial charge in [-0.3, -0.25) is 4.79 Å². The first-order valence-electron chi connectivity index (χ1n) is 9.09. The Balaban J connectivity index is 1.51. The van der Waals surface area contributed by atoms with Crippen LogP contribution in [0.3, 0.4) is 0 Å². The molecule has 1 heterocycles. The van der Waals surface area contributed by atoms with Crippen LogP contribution in [-0.4, -0.2) is 35.5 Å². The standard InChI is InChI=1S/C21H23ClN2O2S/c1-15-10-12-24(13-11-15)21(27)16-6-8-17(9-7-16)26-14-20(25)23-19-5-3-2-4-18(19)22/h2-9,15H,10-14H2,1H3,(H,23,25). The van der Waals surface area contributed by atoms with Crippen LogP contribution in [0, 0.1) is 5.92 Å². The molecule has 0 spiro atoms. The number of anilines is 1. The average Bonchev–Trinajstić information content (AvgIpc) is 2.69. The van der Waals surface area contributed by atoms with Gasteiger partial charge in [0.1, 0.15) is 10.7 Å². The second-order valence-electron chi connectivity index (χ2n) is 6.82. The minimum absolute atomic E-state index is 0.0843. The third kappa shape index (κ3) is 5.44. The van der Waals surface area contributed by atoms with Crippen molar-refractivity contribution in [3.8, 4) is 5.75 Å². The normalized spacial score (nSPS) is 14.7. The van der Waals surface area contributed by atoms with Crippen molar-refractivity contribution in [2.45, 2.75) is 19.8 Å². The molecule has 1 aliphatic heterocycles. The topological polar surface area (TPSA) is 41.6 Å². The van der Waals surface area contributed by atoms with Gasteiger partial charge in [-0.15, -0.1) is 0 Å². The van der Waals surface area contributed by atoms with Gasteiger partial charge in [0.05, 0.1) is 10.7 Å². The molecule has 0 atom stereocenters. The maximum atomic E-state index is 12.0. The minimum Gasteiger partial charge on any atom is -0.484 e. The number of para-hydroxylation sites is 1. The van der Waals surface area contributed by atoms with Crippen molar-refractivity contribution in [2.24, 2.45) is 5.92 Å². The number of carbonyl (C=O) groups is 1. The Morgan fingerprint density at radius 1 is 1.19 bits per heavy atom. The molecule has 3 rings (SSSR count). The molecular weight excluding hydrogens is 380 g/mol. The number of nitrogens with zero attached hydrogens (tertiary/aromatic N) is 1. The van der Waals surface area contributed by atoms with Crippen molar-refractivity contribution in [2.75, 3.05) is 25.0 Å². The van der Waals surface area contributed by atoms with Gasteiger partial charge in [0, 0.05) is 18.7 Å². The number of benzene rings is 2. The number of ether oxygens (including phenoxy) is 1. The van der Waals surface area contributed by atoms with Crippen LogP contribution in [0.1, 0.15) is 25.3 Å². The number of hydrogen-bond acceptors (Lipinski definition) is 3. The second kappa shape index (κ2) is 9.20. The number of carbonyl (C=O) groups excluding carboxylic acids is 1. The van der Waals surface area contributed by atoms with Gasteiger partial charge in [-0.2, -0.15) is 0 Å². The highest BCUT2D eigenvalue weighted by Crippen LogP contribution is 2.21. The van der Waals surface area contributed by atoms with Crippen LogP contribution in [0.2, 0.25) is 5.02 Å². The molecule has 0 bridgehead atoms. The van der Waals surface area contributed by atoms with Crippen LogP contribution in [0.25, 0.3) is 0 Å². The molecule has 142 valence electrons. The predicted molar refractivity (Wildman–Crippen MR) is 114 cm³/mol. The summed E-state index contributed by atoms with van der Waals surface area (Å²) in [5.74, 6) is 1.14. The molecule has 1 saturated heterocycles. The van der Waals surface area contributed by atoms with Crippen LogP contribution < -0.4 is 10.1 Å². The Kier molecular flexibility index (Phi) is 6.69. The molecule has 2 aromatic carbocycles. The van der Waals surface area contributed by atoms with Gasteiger partial charge in [-0.05, 0) is 55.2 Å². The van der Waals surface area contributed by atoms with E-state index in [1.165, 1.54) is 12.8 Å². The first-order chi connectivity index (χ1) is 13.0. The molecule has 1 N–H and O–H groups in total. The number of piperidine rings is 1. The Morgan fingerprint density at radius 2 is 1.85 bits per heavy atom. The number of likely N-dealkylation sites (tertiary alicyclic amines) is 1. The SMILES string of the molecule is CC1CCN(C(=S)c2ccc(OCC(=O)Nc3ccccc3Cl)cc2)CC1. The fraction of sp³-hybridized carbons (Fsp3) is 0.333. The van der Waals surface area contributed by atoms with Gasteiger partial charge in [-0.25, -0.2) is 0 Å². The largest absolute Gasteiger partial charge is 0.484 e. The lowest BCUT2D eigenvalue weighted by Gasteiger charge is -2.32. The van der Waals surface area contributed by atoms with Crippen molar-refractivity contribution in [1.29, 1.82) is 0 Å². The van der Waals surface area contributed by atoms with E-state index in [-0.39, 0.29) is 12.5 Å². The van der Waals surface area contributed by atoms with Crippen molar-refractivity contribution >= 4 is 40.4 Å². The Bertz CT molecular complexity index is 802. The number of rotatable bonds is 5. The summed E-state index contributed by atoms with van der Waals surface area (Å²) < 4.78 is 5.56. The summed E-state index contributed by atoms with van der Waals surface area (Å²) in [7, 11) is 0. The quantitative estimate of drug-likeness (QED) is 0.732. The van der Waals surface area contributed by atoms with E-state index in [0.29, 0.717) is 16.5 Å². The predicted octanol–water partition coefficient (Wildman–Crippen LogP) is 4.76. The number of halogens is 1. The lowest BCUT2D eigenvalue weighted by Crippen LogP contribution is -2.37. The van der Waals surface area contributed by atoms with E-state index in [1.807, 2.05) is 36.4 Å². The average molecular weight is 403 g/mol. The number of thiocarbonyl (C=S) groups is 1. The molecule has 6 heteroatoms. The van der Waals surface area contributed by atoms with Crippen LogP contribution in [0.4, 0.5) is 5.69 Å². The molecule has 0 aromatic heterocycles. The van der Waals surface area contributed by atoms with Gasteiger partial charge < -0.3 is 15.0 Å². The van der Waals surface area contributed by atoms with Crippen molar-refractivity contribution in [1.82, 2.24) is 4.90 Å². The molecular formula is C21H23ClN2O2S. The first-order valence-corrected chi connectivity index (χ1v) is 9.88. The van der Waals surface area contributed by atoms with E-state index >= 15 is 0 Å². The fourth-order valence-electron chi connectivity index (χ4n) is 2.99. The van der Waals surface area contributed by atoms with Gasteiger partial charge in [0.25, 0.3) is 5.91 Å². The fourth-order valence-corrected chi connectivity index (χ4v) is 3.49. The molecule has 1 aliphatic rings. The van der Waals surface area contributed by atoms with E-state index < -0.39 is 0 Å². The van der Waals surface area contributed by atoms with Crippen molar-refractivity contribution in [3.63, 3.8) is 0 Å². The number of hydrogen-bond donors (Lipinski definition) is 1. The van der Waals surface area contributed by atoms with E-state index in [1.54, 1.807) is 12.1 Å². The summed E-state index contributed by atoms with van der Waals surface area (Å²) in [5.41, 5.74) is 1.58. The lowest BCUT2D eigenvalue weighted by molar-refractivity contribution is -0.118. The summed E-state index contributed by atoms with van der Waals surface area (Å²) >= 11 is 11.7. The number of nitrogens with one attached hydrogen (secondary N) is 1. The van der Waals surface area contributed by atoms with Gasteiger partial charge in [0.15, 0.2) is 6.61 Å². The molecule has 0 aliphatic carbocycles. The molecule has 0 unspecified atom stereocenters. The van der Waals surface area contributed by atoms with Crippen LogP contribution in [0.15, 0.2) is 48.5 Å². The van der Waals surface area contributed by atoms with Crippen molar-refractivity contribution < 1.29 is 9.53 Å². The number of amides is 1. The highest BCUT2D eigenvalue weighted by molar-refractivity contribution is 7.80. The molecule has 1 amide bonds. The zero-order valence-electron chi connectivity index (χ0n) is 15.3. The molecule has 2 aromatic rings. The van der Waals surface area contributed by atoms with Crippen LogP contribution in [0.5, 0.6) is 5.75 Å². The zero-order chi connectivity index (χ0) is 19.2. The molecule has 0 radical (unpaired) electrons. The van der Waals surface area contributed by atoms with E-state index in [2.05, 4.69) is 17.1 Å². The van der Waals surface area contributed by atoms with Crippen molar-refractivity contribution in [3.05, 3.63) is 59.1 Å². The van der Waals surface area contributed by atoms with E-state index in [9.17, 15) is 4.79 Å².